The molecule has 2 aromatic carbocycles. The molecule has 0 unspecified atom stereocenters. The SMILES string of the molecule is Cc1ccc(CN2C(=O)NC(=Cc3cn(CC(=O)N4CCOCC4)c4ccccc34)C2=O)cc1. The Kier molecular flexibility index (Phi) is 5.90. The molecule has 5 rings (SSSR count). The van der Waals surface area contributed by atoms with E-state index in [4.69, 9.17) is 4.74 Å². The minimum atomic E-state index is -0.442. The number of nitrogens with zero attached hydrogens (tertiary/aromatic N) is 3. The molecule has 174 valence electrons. The van der Waals surface area contributed by atoms with Crippen LogP contribution in [-0.4, -0.2) is 58.5 Å². The highest BCUT2D eigenvalue weighted by molar-refractivity contribution is 6.14. The number of nitrogens with one attached hydrogen (secondary N) is 1. The fourth-order valence-corrected chi connectivity index (χ4v) is 4.33. The van der Waals surface area contributed by atoms with Gasteiger partial charge in [0.05, 0.1) is 19.8 Å². The first-order chi connectivity index (χ1) is 16.5. The summed E-state index contributed by atoms with van der Waals surface area (Å²) in [4.78, 5) is 41.4. The van der Waals surface area contributed by atoms with Gasteiger partial charge >= 0.3 is 6.03 Å². The van der Waals surface area contributed by atoms with Crippen molar-refractivity contribution in [2.45, 2.75) is 20.0 Å². The van der Waals surface area contributed by atoms with Crippen LogP contribution in [0.15, 0.2) is 60.4 Å². The highest BCUT2D eigenvalue weighted by Gasteiger charge is 2.33. The van der Waals surface area contributed by atoms with Gasteiger partial charge in [-0.05, 0) is 24.6 Å². The van der Waals surface area contributed by atoms with Gasteiger partial charge in [0.1, 0.15) is 12.2 Å². The molecule has 0 aliphatic carbocycles. The maximum atomic E-state index is 13.0. The quantitative estimate of drug-likeness (QED) is 0.471. The molecule has 0 saturated carbocycles. The zero-order chi connectivity index (χ0) is 23.7. The van der Waals surface area contributed by atoms with E-state index in [-0.39, 0.29) is 30.6 Å². The van der Waals surface area contributed by atoms with Crippen LogP contribution in [0.25, 0.3) is 17.0 Å². The highest BCUT2D eigenvalue weighted by atomic mass is 16.5. The van der Waals surface area contributed by atoms with Crippen LogP contribution in [0, 0.1) is 6.92 Å². The van der Waals surface area contributed by atoms with Gasteiger partial charge in [-0.15, -0.1) is 0 Å². The summed E-state index contributed by atoms with van der Waals surface area (Å²) < 4.78 is 7.23. The summed E-state index contributed by atoms with van der Waals surface area (Å²) in [6, 6.07) is 15.0. The normalized spacial score (nSPS) is 17.6. The van der Waals surface area contributed by atoms with Crippen LogP contribution in [0.2, 0.25) is 0 Å². The molecule has 1 aromatic heterocycles. The molecule has 0 atom stereocenters. The third-order valence-electron chi connectivity index (χ3n) is 6.21. The number of carbonyl (C=O) groups is 3. The predicted octanol–water partition coefficient (Wildman–Crippen LogP) is 2.90. The number of hydrogen-bond acceptors (Lipinski definition) is 4. The molecule has 3 heterocycles. The van der Waals surface area contributed by atoms with E-state index in [0.717, 1.165) is 27.6 Å². The minimum absolute atomic E-state index is 0.0257. The van der Waals surface area contributed by atoms with E-state index in [0.29, 0.717) is 26.3 Å². The summed E-state index contributed by atoms with van der Waals surface area (Å²) in [5.74, 6) is -0.343. The number of morpholine rings is 1. The van der Waals surface area contributed by atoms with Gasteiger partial charge in [-0.2, -0.15) is 0 Å². The summed E-state index contributed by atoms with van der Waals surface area (Å²) in [6.07, 6.45) is 3.55. The van der Waals surface area contributed by atoms with Crippen molar-refractivity contribution in [1.82, 2.24) is 19.7 Å². The molecule has 4 amide bonds. The molecular weight excluding hydrogens is 432 g/mol. The number of fused-ring (bicyclic) bond motifs is 1. The molecule has 0 bridgehead atoms. The molecule has 3 aromatic rings. The van der Waals surface area contributed by atoms with Crippen LogP contribution in [0.1, 0.15) is 16.7 Å². The van der Waals surface area contributed by atoms with Crippen LogP contribution in [0.4, 0.5) is 4.79 Å². The lowest BCUT2D eigenvalue weighted by atomic mass is 10.1. The molecule has 2 saturated heterocycles. The molecule has 8 nitrogen and oxygen atoms in total. The number of benzene rings is 2. The van der Waals surface area contributed by atoms with E-state index >= 15 is 0 Å². The van der Waals surface area contributed by atoms with E-state index in [1.165, 1.54) is 4.90 Å². The standard InChI is InChI=1S/C26H26N4O4/c1-18-6-8-19(9-7-18)15-30-25(32)22(27-26(30)33)14-20-16-29(23-5-3-2-4-21(20)23)17-24(31)28-10-12-34-13-11-28/h2-9,14,16H,10-13,15,17H2,1H3,(H,27,33). The number of aryl methyl sites for hydroxylation is 1. The number of carbonyl (C=O) groups excluding carboxylic acids is 3. The molecule has 2 aliphatic rings. The van der Waals surface area contributed by atoms with E-state index in [1.807, 2.05) is 66.2 Å². The zero-order valence-electron chi connectivity index (χ0n) is 19.0. The van der Waals surface area contributed by atoms with Gasteiger partial charge in [-0.3, -0.25) is 14.5 Å². The van der Waals surface area contributed by atoms with Crippen molar-refractivity contribution in [2.75, 3.05) is 26.3 Å². The Morgan fingerprint density at radius 1 is 1.06 bits per heavy atom. The lowest BCUT2D eigenvalue weighted by molar-refractivity contribution is -0.135. The van der Waals surface area contributed by atoms with Crippen molar-refractivity contribution in [3.05, 3.63) is 77.1 Å². The molecule has 0 radical (unpaired) electrons. The molecule has 2 aliphatic heterocycles. The molecule has 8 heteroatoms. The predicted molar refractivity (Wildman–Crippen MR) is 128 cm³/mol. The molecule has 2 fully saturated rings. The van der Waals surface area contributed by atoms with Crippen molar-refractivity contribution < 1.29 is 19.1 Å². The van der Waals surface area contributed by atoms with Crippen molar-refractivity contribution >= 4 is 34.8 Å². The molecule has 1 N–H and O–H groups in total. The summed E-state index contributed by atoms with van der Waals surface area (Å²) >= 11 is 0. The highest BCUT2D eigenvalue weighted by Crippen LogP contribution is 2.25. The summed E-state index contributed by atoms with van der Waals surface area (Å²) in [5.41, 5.74) is 3.88. The number of hydrogen-bond donors (Lipinski definition) is 1. The number of urea groups is 1. The molecule has 34 heavy (non-hydrogen) atoms. The van der Waals surface area contributed by atoms with Gasteiger partial charge in [0, 0.05) is 35.8 Å². The van der Waals surface area contributed by atoms with Crippen molar-refractivity contribution in [2.24, 2.45) is 0 Å². The van der Waals surface area contributed by atoms with Crippen LogP contribution in [-0.2, 0) is 27.4 Å². The fourth-order valence-electron chi connectivity index (χ4n) is 4.33. The number of ether oxygens (including phenoxy) is 1. The van der Waals surface area contributed by atoms with Gasteiger partial charge in [-0.1, -0.05) is 48.0 Å². The van der Waals surface area contributed by atoms with E-state index in [9.17, 15) is 14.4 Å². The Labute approximate surface area is 197 Å². The fraction of sp³-hybridized carbons (Fsp3) is 0.269. The van der Waals surface area contributed by atoms with Crippen molar-refractivity contribution in [3.8, 4) is 0 Å². The second-order valence-corrected chi connectivity index (χ2v) is 8.59. The van der Waals surface area contributed by atoms with Crippen LogP contribution < -0.4 is 5.32 Å². The maximum absolute atomic E-state index is 13.0. The van der Waals surface area contributed by atoms with Crippen molar-refractivity contribution in [1.29, 1.82) is 0 Å². The lowest BCUT2D eigenvalue weighted by Crippen LogP contribution is -2.42. The third-order valence-corrected chi connectivity index (χ3v) is 6.21. The number of para-hydroxylation sites is 1. The average Bonchev–Trinajstić information content (AvgIpc) is 3.33. The van der Waals surface area contributed by atoms with Gasteiger partial charge in [0.25, 0.3) is 5.91 Å². The van der Waals surface area contributed by atoms with E-state index in [2.05, 4.69) is 5.32 Å². The van der Waals surface area contributed by atoms with Gasteiger partial charge < -0.3 is 19.5 Å². The number of rotatable bonds is 5. The van der Waals surface area contributed by atoms with E-state index < -0.39 is 6.03 Å². The third kappa shape index (κ3) is 4.32. The Morgan fingerprint density at radius 3 is 2.56 bits per heavy atom. The first-order valence-electron chi connectivity index (χ1n) is 11.3. The number of amides is 4. The average molecular weight is 459 g/mol. The minimum Gasteiger partial charge on any atom is -0.378 e. The second-order valence-electron chi connectivity index (χ2n) is 8.59. The summed E-state index contributed by atoms with van der Waals surface area (Å²) in [5, 5.41) is 3.61. The first kappa shape index (κ1) is 21.9. The maximum Gasteiger partial charge on any atom is 0.329 e. The van der Waals surface area contributed by atoms with Crippen LogP contribution >= 0.6 is 0 Å². The van der Waals surface area contributed by atoms with Gasteiger partial charge in [-0.25, -0.2) is 4.79 Å². The number of imide groups is 1. The molecular formula is C26H26N4O4. The smallest absolute Gasteiger partial charge is 0.329 e. The van der Waals surface area contributed by atoms with Gasteiger partial charge in [0.15, 0.2) is 0 Å². The van der Waals surface area contributed by atoms with Crippen molar-refractivity contribution in [3.63, 3.8) is 0 Å². The zero-order valence-corrected chi connectivity index (χ0v) is 19.0. The monoisotopic (exact) mass is 458 g/mol. The first-order valence-corrected chi connectivity index (χ1v) is 11.3. The van der Waals surface area contributed by atoms with Crippen LogP contribution in [0.3, 0.4) is 0 Å². The van der Waals surface area contributed by atoms with Gasteiger partial charge in [0.2, 0.25) is 5.91 Å². The summed E-state index contributed by atoms with van der Waals surface area (Å²) in [7, 11) is 0. The Morgan fingerprint density at radius 2 is 1.79 bits per heavy atom. The van der Waals surface area contributed by atoms with E-state index in [1.54, 1.807) is 11.0 Å². The second kappa shape index (κ2) is 9.15. The Balaban J connectivity index is 1.40. The Hall–Kier alpha value is -3.91. The number of aromatic nitrogens is 1. The lowest BCUT2D eigenvalue weighted by Gasteiger charge is -2.27. The van der Waals surface area contributed by atoms with Crippen LogP contribution in [0.5, 0.6) is 0 Å². The topological polar surface area (TPSA) is 83.9 Å². The summed E-state index contributed by atoms with van der Waals surface area (Å²) in [6.45, 7) is 4.68. The Bertz CT molecular complexity index is 1290. The molecule has 0 spiro atoms. The largest absolute Gasteiger partial charge is 0.378 e.